The maximum absolute atomic E-state index is 4.77. The van der Waals surface area contributed by atoms with Crippen LogP contribution in [0.25, 0.3) is 0 Å². The SMILES string of the molecule is CC(C)N1CCN(c2nc(CNC(C)(C)C)cs2)CC1. The molecule has 1 aromatic rings. The summed E-state index contributed by atoms with van der Waals surface area (Å²) in [6.07, 6.45) is 0. The summed E-state index contributed by atoms with van der Waals surface area (Å²) in [6, 6.07) is 0.653. The molecule has 1 aliphatic rings. The van der Waals surface area contributed by atoms with Crippen molar-refractivity contribution >= 4 is 16.5 Å². The van der Waals surface area contributed by atoms with Gasteiger partial charge in [0, 0.05) is 49.7 Å². The Labute approximate surface area is 127 Å². The molecule has 5 heteroatoms. The summed E-state index contributed by atoms with van der Waals surface area (Å²) in [4.78, 5) is 9.72. The van der Waals surface area contributed by atoms with E-state index in [1.54, 1.807) is 11.3 Å². The van der Waals surface area contributed by atoms with E-state index in [9.17, 15) is 0 Å². The largest absolute Gasteiger partial charge is 0.346 e. The predicted octanol–water partition coefficient (Wildman–Crippen LogP) is 2.56. The molecule has 2 rings (SSSR count). The smallest absolute Gasteiger partial charge is 0.185 e. The van der Waals surface area contributed by atoms with Crippen molar-refractivity contribution in [1.29, 1.82) is 0 Å². The van der Waals surface area contributed by atoms with E-state index in [2.05, 4.69) is 55.1 Å². The van der Waals surface area contributed by atoms with Crippen molar-refractivity contribution in [1.82, 2.24) is 15.2 Å². The number of hydrogen-bond acceptors (Lipinski definition) is 5. The molecule has 4 nitrogen and oxygen atoms in total. The third-order valence-electron chi connectivity index (χ3n) is 3.65. The molecule has 1 N–H and O–H groups in total. The van der Waals surface area contributed by atoms with Crippen molar-refractivity contribution in [3.8, 4) is 0 Å². The van der Waals surface area contributed by atoms with Gasteiger partial charge in [0.1, 0.15) is 0 Å². The van der Waals surface area contributed by atoms with Gasteiger partial charge in [0.15, 0.2) is 5.13 Å². The lowest BCUT2D eigenvalue weighted by atomic mass is 10.1. The van der Waals surface area contributed by atoms with Gasteiger partial charge >= 0.3 is 0 Å². The number of rotatable bonds is 4. The van der Waals surface area contributed by atoms with Crippen LogP contribution in [0.3, 0.4) is 0 Å². The normalized spacial score (nSPS) is 18.0. The second-order valence-corrected chi connectivity index (χ2v) is 7.68. The number of nitrogens with one attached hydrogen (secondary N) is 1. The molecule has 0 saturated carbocycles. The first-order chi connectivity index (χ1) is 9.35. The minimum Gasteiger partial charge on any atom is -0.346 e. The Hall–Kier alpha value is -0.650. The molecule has 114 valence electrons. The predicted molar refractivity (Wildman–Crippen MR) is 87.6 cm³/mol. The summed E-state index contributed by atoms with van der Waals surface area (Å²) in [5.41, 5.74) is 1.30. The first-order valence-corrected chi connectivity index (χ1v) is 8.41. The Balaban J connectivity index is 1.87. The van der Waals surface area contributed by atoms with Crippen molar-refractivity contribution in [2.75, 3.05) is 31.1 Å². The van der Waals surface area contributed by atoms with Gasteiger partial charge in [-0.1, -0.05) is 0 Å². The summed E-state index contributed by atoms with van der Waals surface area (Å²) < 4.78 is 0. The molecular weight excluding hydrogens is 268 g/mol. The van der Waals surface area contributed by atoms with E-state index in [1.165, 1.54) is 5.13 Å². The van der Waals surface area contributed by atoms with E-state index in [4.69, 9.17) is 4.98 Å². The number of piperazine rings is 1. The van der Waals surface area contributed by atoms with Crippen LogP contribution in [0.15, 0.2) is 5.38 Å². The lowest BCUT2D eigenvalue weighted by Gasteiger charge is -2.36. The van der Waals surface area contributed by atoms with Crippen LogP contribution in [0, 0.1) is 0 Å². The summed E-state index contributed by atoms with van der Waals surface area (Å²) >= 11 is 1.77. The summed E-state index contributed by atoms with van der Waals surface area (Å²) in [5, 5.41) is 6.86. The third-order valence-corrected chi connectivity index (χ3v) is 4.60. The van der Waals surface area contributed by atoms with Crippen molar-refractivity contribution in [2.24, 2.45) is 0 Å². The Morgan fingerprint density at radius 3 is 2.45 bits per heavy atom. The van der Waals surface area contributed by atoms with E-state index >= 15 is 0 Å². The second-order valence-electron chi connectivity index (χ2n) is 6.84. The average molecular weight is 296 g/mol. The monoisotopic (exact) mass is 296 g/mol. The van der Waals surface area contributed by atoms with Crippen LogP contribution in [-0.2, 0) is 6.54 Å². The number of hydrogen-bond donors (Lipinski definition) is 1. The molecule has 2 heterocycles. The van der Waals surface area contributed by atoms with Gasteiger partial charge in [-0.25, -0.2) is 4.98 Å². The Kier molecular flexibility index (Phi) is 5.04. The van der Waals surface area contributed by atoms with E-state index in [-0.39, 0.29) is 5.54 Å². The lowest BCUT2D eigenvalue weighted by molar-refractivity contribution is 0.209. The fourth-order valence-corrected chi connectivity index (χ4v) is 3.19. The molecule has 0 atom stereocenters. The lowest BCUT2D eigenvalue weighted by Crippen LogP contribution is -2.48. The Bertz CT molecular complexity index is 414. The van der Waals surface area contributed by atoms with Crippen LogP contribution in [0.2, 0.25) is 0 Å². The van der Waals surface area contributed by atoms with Gasteiger partial charge in [-0.2, -0.15) is 0 Å². The number of anilines is 1. The van der Waals surface area contributed by atoms with Crippen LogP contribution in [-0.4, -0.2) is 47.6 Å². The molecule has 0 unspecified atom stereocenters. The maximum Gasteiger partial charge on any atom is 0.185 e. The van der Waals surface area contributed by atoms with E-state index in [1.807, 2.05) is 0 Å². The zero-order valence-electron chi connectivity index (χ0n) is 13.4. The van der Waals surface area contributed by atoms with Crippen LogP contribution in [0.1, 0.15) is 40.3 Å². The first-order valence-electron chi connectivity index (χ1n) is 7.53. The van der Waals surface area contributed by atoms with Gasteiger partial charge in [0.05, 0.1) is 5.69 Å². The summed E-state index contributed by atoms with van der Waals surface area (Å²) in [6.45, 7) is 16.4. The molecule has 0 bridgehead atoms. The van der Waals surface area contributed by atoms with Crippen molar-refractivity contribution in [2.45, 2.75) is 52.7 Å². The van der Waals surface area contributed by atoms with Gasteiger partial charge in [-0.05, 0) is 34.6 Å². The molecule has 0 aliphatic carbocycles. The highest BCUT2D eigenvalue weighted by Gasteiger charge is 2.21. The van der Waals surface area contributed by atoms with Crippen molar-refractivity contribution < 1.29 is 0 Å². The minimum absolute atomic E-state index is 0.146. The molecule has 0 amide bonds. The van der Waals surface area contributed by atoms with Gasteiger partial charge in [-0.3, -0.25) is 4.90 Å². The highest BCUT2D eigenvalue weighted by Crippen LogP contribution is 2.22. The van der Waals surface area contributed by atoms with Gasteiger partial charge in [-0.15, -0.1) is 11.3 Å². The number of aromatic nitrogens is 1. The summed E-state index contributed by atoms with van der Waals surface area (Å²) in [5.74, 6) is 0. The van der Waals surface area contributed by atoms with Gasteiger partial charge < -0.3 is 10.2 Å². The molecule has 0 aromatic carbocycles. The van der Waals surface area contributed by atoms with Crippen LogP contribution < -0.4 is 10.2 Å². The Morgan fingerprint density at radius 1 is 1.25 bits per heavy atom. The Morgan fingerprint density at radius 2 is 1.90 bits per heavy atom. The molecule has 1 saturated heterocycles. The van der Waals surface area contributed by atoms with Crippen LogP contribution >= 0.6 is 11.3 Å². The van der Waals surface area contributed by atoms with E-state index < -0.39 is 0 Å². The fourth-order valence-electron chi connectivity index (χ4n) is 2.31. The topological polar surface area (TPSA) is 31.4 Å². The van der Waals surface area contributed by atoms with Crippen molar-refractivity contribution in [3.63, 3.8) is 0 Å². The molecule has 20 heavy (non-hydrogen) atoms. The van der Waals surface area contributed by atoms with E-state index in [0.29, 0.717) is 6.04 Å². The standard InChI is InChI=1S/C15H28N4S/c1-12(2)18-6-8-19(9-7-18)14-17-13(11-20-14)10-16-15(3,4)5/h11-12,16H,6-10H2,1-5H3. The third kappa shape index (κ3) is 4.43. The molecule has 1 aromatic heterocycles. The zero-order chi connectivity index (χ0) is 14.8. The zero-order valence-corrected chi connectivity index (χ0v) is 14.3. The summed E-state index contributed by atoms with van der Waals surface area (Å²) in [7, 11) is 0. The minimum atomic E-state index is 0.146. The second kappa shape index (κ2) is 6.41. The van der Waals surface area contributed by atoms with Gasteiger partial charge in [0.2, 0.25) is 0 Å². The molecule has 0 spiro atoms. The highest BCUT2D eigenvalue weighted by molar-refractivity contribution is 7.13. The highest BCUT2D eigenvalue weighted by atomic mass is 32.1. The first kappa shape index (κ1) is 15.7. The quantitative estimate of drug-likeness (QED) is 0.925. The van der Waals surface area contributed by atoms with Crippen LogP contribution in [0.5, 0.6) is 0 Å². The maximum atomic E-state index is 4.77. The average Bonchev–Trinajstić information content (AvgIpc) is 2.84. The molecular formula is C15H28N4S. The molecule has 0 radical (unpaired) electrons. The van der Waals surface area contributed by atoms with E-state index in [0.717, 1.165) is 38.4 Å². The fraction of sp³-hybridized carbons (Fsp3) is 0.800. The molecule has 1 aliphatic heterocycles. The van der Waals surface area contributed by atoms with Gasteiger partial charge in [0.25, 0.3) is 0 Å². The number of nitrogens with zero attached hydrogens (tertiary/aromatic N) is 3. The molecule has 1 fully saturated rings. The van der Waals surface area contributed by atoms with Crippen LogP contribution in [0.4, 0.5) is 5.13 Å². The number of thiazole rings is 1. The van der Waals surface area contributed by atoms with Crippen molar-refractivity contribution in [3.05, 3.63) is 11.1 Å².